The summed E-state index contributed by atoms with van der Waals surface area (Å²) in [5.74, 6) is 1.24. The lowest BCUT2D eigenvalue weighted by Crippen LogP contribution is -2.44. The number of guanidine groups is 1. The Labute approximate surface area is 130 Å². The third-order valence-corrected chi connectivity index (χ3v) is 4.46. The summed E-state index contributed by atoms with van der Waals surface area (Å²) in [5, 5.41) is 3.19. The summed E-state index contributed by atoms with van der Waals surface area (Å²) in [7, 11) is 1.70. The smallest absolute Gasteiger partial charge is 0.188 e. The molecular formula is C16H34N4O. The van der Waals surface area contributed by atoms with Crippen molar-refractivity contribution in [2.75, 3.05) is 33.4 Å². The van der Waals surface area contributed by atoms with Gasteiger partial charge in [-0.15, -0.1) is 0 Å². The lowest BCUT2D eigenvalue weighted by Gasteiger charge is -2.32. The maximum atomic E-state index is 6.00. The molecule has 1 aliphatic heterocycles. The minimum Gasteiger partial charge on any atom is -0.383 e. The predicted octanol–water partition coefficient (Wildman–Crippen LogP) is 1.83. The molecule has 0 aliphatic carbocycles. The normalized spacial score (nSPS) is 20.0. The Hall–Kier alpha value is -0.810. The van der Waals surface area contributed by atoms with E-state index in [0.717, 1.165) is 6.54 Å². The number of nitrogens with two attached hydrogens (primary N) is 1. The molecule has 2 atom stereocenters. The van der Waals surface area contributed by atoms with E-state index in [1.807, 2.05) is 6.92 Å². The van der Waals surface area contributed by atoms with Gasteiger partial charge in [0.25, 0.3) is 0 Å². The minimum atomic E-state index is 0.192. The Bertz CT molecular complexity index is 297. The second kappa shape index (κ2) is 10.0. The molecule has 2 unspecified atom stereocenters. The molecular weight excluding hydrogens is 264 g/mol. The second-order valence-corrected chi connectivity index (χ2v) is 6.11. The van der Waals surface area contributed by atoms with Crippen LogP contribution in [0.2, 0.25) is 0 Å². The first-order valence-electron chi connectivity index (χ1n) is 8.41. The number of hydrogen-bond acceptors (Lipinski definition) is 3. The van der Waals surface area contributed by atoms with Gasteiger partial charge in [-0.3, -0.25) is 9.89 Å². The summed E-state index contributed by atoms with van der Waals surface area (Å²) in [6, 6.07) is 0.720. The molecule has 0 amide bonds. The van der Waals surface area contributed by atoms with Gasteiger partial charge in [0.15, 0.2) is 5.96 Å². The molecule has 124 valence electrons. The van der Waals surface area contributed by atoms with Gasteiger partial charge in [-0.05, 0) is 38.8 Å². The van der Waals surface area contributed by atoms with E-state index in [0.29, 0.717) is 24.5 Å². The van der Waals surface area contributed by atoms with Gasteiger partial charge in [-0.2, -0.15) is 0 Å². The van der Waals surface area contributed by atoms with Crippen molar-refractivity contribution in [2.45, 2.75) is 58.5 Å². The lowest BCUT2D eigenvalue weighted by atomic mass is 9.93. The highest BCUT2D eigenvalue weighted by atomic mass is 16.5. The van der Waals surface area contributed by atoms with Crippen molar-refractivity contribution in [3.63, 3.8) is 0 Å². The maximum Gasteiger partial charge on any atom is 0.188 e. The molecule has 5 nitrogen and oxygen atoms in total. The number of aliphatic imine (C=N–C) groups is 1. The van der Waals surface area contributed by atoms with E-state index in [1.165, 1.54) is 38.8 Å². The second-order valence-electron chi connectivity index (χ2n) is 6.11. The topological polar surface area (TPSA) is 62.9 Å². The Balaban J connectivity index is 2.58. The number of hydrogen-bond donors (Lipinski definition) is 2. The summed E-state index contributed by atoms with van der Waals surface area (Å²) in [5.41, 5.74) is 6.00. The van der Waals surface area contributed by atoms with E-state index in [9.17, 15) is 0 Å². The standard InChI is InChI=1S/C16H34N4O/c1-5-14(6-2)15(20-9-7-8-10-20)11-18-16(17)19-13(3)12-21-4/h13-15H,5-12H2,1-4H3,(H3,17,18,19). The highest BCUT2D eigenvalue weighted by Gasteiger charge is 2.27. The van der Waals surface area contributed by atoms with Crippen LogP contribution in [0.3, 0.4) is 0 Å². The fraction of sp³-hybridized carbons (Fsp3) is 0.938. The first kappa shape index (κ1) is 18.2. The molecule has 0 spiro atoms. The Kier molecular flexibility index (Phi) is 8.69. The van der Waals surface area contributed by atoms with Crippen LogP contribution in [0.15, 0.2) is 4.99 Å². The summed E-state index contributed by atoms with van der Waals surface area (Å²) < 4.78 is 5.10. The molecule has 1 saturated heterocycles. The molecule has 0 aromatic heterocycles. The van der Waals surface area contributed by atoms with Crippen LogP contribution < -0.4 is 11.1 Å². The van der Waals surface area contributed by atoms with Crippen LogP contribution in [0.1, 0.15) is 46.5 Å². The SMILES string of the molecule is CCC(CC)C(CN=C(N)NC(C)COC)N1CCCC1. The third kappa shape index (κ3) is 6.22. The van der Waals surface area contributed by atoms with Crippen LogP contribution >= 0.6 is 0 Å². The van der Waals surface area contributed by atoms with Gasteiger partial charge >= 0.3 is 0 Å². The van der Waals surface area contributed by atoms with Crippen molar-refractivity contribution in [1.82, 2.24) is 10.2 Å². The van der Waals surface area contributed by atoms with Gasteiger partial charge in [0.1, 0.15) is 0 Å². The monoisotopic (exact) mass is 298 g/mol. The summed E-state index contributed by atoms with van der Waals surface area (Å²) in [4.78, 5) is 7.20. The molecule has 1 heterocycles. The number of ether oxygens (including phenoxy) is 1. The fourth-order valence-electron chi connectivity index (χ4n) is 3.25. The van der Waals surface area contributed by atoms with Gasteiger partial charge in [0, 0.05) is 19.2 Å². The molecule has 3 N–H and O–H groups in total. The van der Waals surface area contributed by atoms with Gasteiger partial charge in [-0.25, -0.2) is 0 Å². The Morgan fingerprint density at radius 1 is 1.29 bits per heavy atom. The van der Waals surface area contributed by atoms with E-state index in [1.54, 1.807) is 7.11 Å². The molecule has 1 aliphatic rings. The van der Waals surface area contributed by atoms with E-state index < -0.39 is 0 Å². The number of methoxy groups -OCH3 is 1. The Morgan fingerprint density at radius 3 is 2.43 bits per heavy atom. The first-order chi connectivity index (χ1) is 10.1. The van der Waals surface area contributed by atoms with E-state index in [2.05, 4.69) is 29.1 Å². The lowest BCUT2D eigenvalue weighted by molar-refractivity contribution is 0.171. The van der Waals surface area contributed by atoms with Crippen molar-refractivity contribution in [3.8, 4) is 0 Å². The van der Waals surface area contributed by atoms with Crippen molar-refractivity contribution < 1.29 is 4.74 Å². The summed E-state index contributed by atoms with van der Waals surface area (Å²) in [6.07, 6.45) is 5.05. The van der Waals surface area contributed by atoms with E-state index in [-0.39, 0.29) is 6.04 Å². The molecule has 0 bridgehead atoms. The van der Waals surface area contributed by atoms with E-state index in [4.69, 9.17) is 10.5 Å². The molecule has 5 heteroatoms. The number of rotatable bonds is 9. The van der Waals surface area contributed by atoms with Gasteiger partial charge in [0.05, 0.1) is 13.2 Å². The van der Waals surface area contributed by atoms with E-state index >= 15 is 0 Å². The van der Waals surface area contributed by atoms with Gasteiger partial charge in [0.2, 0.25) is 0 Å². The van der Waals surface area contributed by atoms with Crippen molar-refractivity contribution in [2.24, 2.45) is 16.6 Å². The van der Waals surface area contributed by atoms with Crippen LogP contribution in [0, 0.1) is 5.92 Å². The fourth-order valence-corrected chi connectivity index (χ4v) is 3.25. The van der Waals surface area contributed by atoms with Crippen LogP contribution in [0.4, 0.5) is 0 Å². The van der Waals surface area contributed by atoms with Crippen LogP contribution in [0.5, 0.6) is 0 Å². The number of nitrogens with zero attached hydrogens (tertiary/aromatic N) is 2. The van der Waals surface area contributed by atoms with Crippen molar-refractivity contribution in [3.05, 3.63) is 0 Å². The summed E-state index contributed by atoms with van der Waals surface area (Å²) >= 11 is 0. The molecule has 21 heavy (non-hydrogen) atoms. The quantitative estimate of drug-likeness (QED) is 0.503. The molecule has 1 fully saturated rings. The predicted molar refractivity (Wildman–Crippen MR) is 89.6 cm³/mol. The van der Waals surface area contributed by atoms with Gasteiger partial charge in [-0.1, -0.05) is 26.7 Å². The highest BCUT2D eigenvalue weighted by molar-refractivity contribution is 5.78. The average molecular weight is 298 g/mol. The third-order valence-electron chi connectivity index (χ3n) is 4.46. The summed E-state index contributed by atoms with van der Waals surface area (Å²) in [6.45, 7) is 10.5. The molecule has 0 saturated carbocycles. The van der Waals surface area contributed by atoms with Crippen LogP contribution in [-0.2, 0) is 4.74 Å². The zero-order chi connectivity index (χ0) is 15.7. The zero-order valence-corrected chi connectivity index (χ0v) is 14.3. The number of nitrogens with one attached hydrogen (secondary N) is 1. The minimum absolute atomic E-state index is 0.192. The number of likely N-dealkylation sites (tertiary alicyclic amines) is 1. The maximum absolute atomic E-state index is 6.00. The van der Waals surface area contributed by atoms with Crippen LogP contribution in [0.25, 0.3) is 0 Å². The highest BCUT2D eigenvalue weighted by Crippen LogP contribution is 2.23. The van der Waals surface area contributed by atoms with Crippen LogP contribution in [-0.4, -0.2) is 56.3 Å². The molecule has 1 rings (SSSR count). The average Bonchev–Trinajstić information content (AvgIpc) is 2.97. The van der Waals surface area contributed by atoms with Gasteiger partial charge < -0.3 is 15.8 Å². The van der Waals surface area contributed by atoms with Crippen molar-refractivity contribution >= 4 is 5.96 Å². The molecule has 0 aromatic rings. The van der Waals surface area contributed by atoms with Crippen molar-refractivity contribution in [1.29, 1.82) is 0 Å². The zero-order valence-electron chi connectivity index (χ0n) is 14.3. The molecule has 0 aromatic carbocycles. The Morgan fingerprint density at radius 2 is 1.90 bits per heavy atom. The largest absolute Gasteiger partial charge is 0.383 e. The molecule has 0 radical (unpaired) electrons. The first-order valence-corrected chi connectivity index (χ1v) is 8.41.